The second-order valence-electron chi connectivity index (χ2n) is 8.01. The number of hydrogen-bond donors (Lipinski definition) is 2. The molecule has 0 amide bonds. The predicted molar refractivity (Wildman–Crippen MR) is 112 cm³/mol. The molecule has 5 nitrogen and oxygen atoms in total. The van der Waals surface area contributed by atoms with E-state index in [0.717, 1.165) is 31.2 Å². The largest absolute Gasteiger partial charge is 0.481 e. The number of unbranched alkanes of at least 4 members (excludes halogenated alkanes) is 2. The Morgan fingerprint density at radius 1 is 1.25 bits per heavy atom. The lowest BCUT2D eigenvalue weighted by Gasteiger charge is -2.43. The highest BCUT2D eigenvalue weighted by atomic mass is 31.2. The van der Waals surface area contributed by atoms with E-state index in [1.807, 2.05) is 37.3 Å². The van der Waals surface area contributed by atoms with Crippen molar-refractivity contribution < 1.29 is 24.1 Å². The van der Waals surface area contributed by atoms with Crippen LogP contribution in [0.25, 0.3) is 0 Å². The molecule has 4 unspecified atom stereocenters. The normalized spacial score (nSPS) is 22.3. The molecule has 1 aromatic carbocycles. The number of aliphatic carboxylic acids is 1. The molecular weight excluding hydrogens is 375 g/mol. The smallest absolute Gasteiger partial charge is 0.313 e. The van der Waals surface area contributed by atoms with E-state index in [0.29, 0.717) is 32.3 Å². The molecule has 1 aliphatic heterocycles. The van der Waals surface area contributed by atoms with Gasteiger partial charge in [-0.2, -0.15) is 0 Å². The van der Waals surface area contributed by atoms with Crippen LogP contribution in [0.5, 0.6) is 0 Å². The van der Waals surface area contributed by atoms with Crippen LogP contribution >= 0.6 is 7.37 Å². The number of ether oxygens (including phenoxy) is 1. The fourth-order valence-electron chi connectivity index (χ4n) is 4.69. The maximum atomic E-state index is 13.7. The van der Waals surface area contributed by atoms with Crippen molar-refractivity contribution >= 4 is 13.3 Å². The van der Waals surface area contributed by atoms with Crippen LogP contribution in [-0.4, -0.2) is 34.3 Å². The molecule has 0 saturated carbocycles. The molecule has 0 bridgehead atoms. The molecule has 1 heterocycles. The Morgan fingerprint density at radius 3 is 2.50 bits per heavy atom. The Labute approximate surface area is 169 Å². The number of benzene rings is 1. The molecule has 2 rings (SSSR count). The minimum atomic E-state index is -3.78. The molecule has 6 heteroatoms. The lowest BCUT2D eigenvalue weighted by atomic mass is 9.72. The second kappa shape index (κ2) is 10.6. The van der Waals surface area contributed by atoms with E-state index < -0.39 is 30.5 Å². The second-order valence-corrected chi connectivity index (χ2v) is 10.5. The van der Waals surface area contributed by atoms with Crippen LogP contribution in [-0.2, 0) is 20.3 Å². The third kappa shape index (κ3) is 5.25. The Balaban J connectivity index is 2.46. The topological polar surface area (TPSA) is 83.8 Å². The van der Waals surface area contributed by atoms with Crippen molar-refractivity contribution in [2.45, 2.75) is 83.1 Å². The molecule has 1 saturated heterocycles. The zero-order valence-corrected chi connectivity index (χ0v) is 18.1. The molecule has 0 spiro atoms. The lowest BCUT2D eigenvalue weighted by Crippen LogP contribution is -2.51. The van der Waals surface area contributed by atoms with Gasteiger partial charge in [-0.25, -0.2) is 0 Å². The zero-order valence-electron chi connectivity index (χ0n) is 17.2. The first-order valence-electron chi connectivity index (χ1n) is 10.6. The summed E-state index contributed by atoms with van der Waals surface area (Å²) in [6, 6.07) is 9.23. The van der Waals surface area contributed by atoms with Gasteiger partial charge >= 0.3 is 5.97 Å². The maximum Gasteiger partial charge on any atom is 0.313 e. The molecule has 1 aliphatic rings. The van der Waals surface area contributed by atoms with Crippen LogP contribution in [0.2, 0.25) is 0 Å². The van der Waals surface area contributed by atoms with Gasteiger partial charge in [0, 0.05) is 12.8 Å². The van der Waals surface area contributed by atoms with Crippen molar-refractivity contribution in [3.8, 4) is 0 Å². The van der Waals surface area contributed by atoms with Crippen molar-refractivity contribution in [3.05, 3.63) is 35.9 Å². The lowest BCUT2D eigenvalue weighted by molar-refractivity contribution is -0.159. The van der Waals surface area contributed by atoms with Crippen molar-refractivity contribution in [1.29, 1.82) is 0 Å². The quantitative estimate of drug-likeness (QED) is 0.353. The maximum absolute atomic E-state index is 13.7. The van der Waals surface area contributed by atoms with Gasteiger partial charge in [0.2, 0.25) is 7.37 Å². The summed E-state index contributed by atoms with van der Waals surface area (Å²) in [7, 11) is -3.78. The van der Waals surface area contributed by atoms with E-state index in [2.05, 4.69) is 6.92 Å². The summed E-state index contributed by atoms with van der Waals surface area (Å²) < 4.78 is 19.5. The summed E-state index contributed by atoms with van der Waals surface area (Å²) in [5, 5.41) is 10.4. The number of carboxylic acid groups (broad SMARTS) is 1. The molecule has 4 atom stereocenters. The highest BCUT2D eigenvalue weighted by Crippen LogP contribution is 2.61. The summed E-state index contributed by atoms with van der Waals surface area (Å²) in [6.45, 7) is 4.54. The Hall–Kier alpha value is -1.16. The van der Waals surface area contributed by atoms with Crippen LogP contribution in [0, 0.1) is 5.41 Å². The standard InChI is InChI=1S/C22H35O5P/c1-3-5-7-14-20(28(25,26)17-18-11-8-6-9-12-18)22(15-4-2,21(23)24)19-13-10-16-27-19/h6,8-9,11-12,19-20H,3-5,7,10,13-17H2,1-2H3,(H,23,24)(H,25,26). The molecular formula is C22H35O5P. The highest BCUT2D eigenvalue weighted by Gasteiger charge is 2.58. The van der Waals surface area contributed by atoms with Gasteiger partial charge in [0.15, 0.2) is 0 Å². The summed E-state index contributed by atoms with van der Waals surface area (Å²) in [5.74, 6) is -0.981. The molecule has 0 aliphatic carbocycles. The van der Waals surface area contributed by atoms with E-state index in [9.17, 15) is 19.4 Å². The van der Waals surface area contributed by atoms with Gasteiger partial charge in [-0.15, -0.1) is 0 Å². The average Bonchev–Trinajstić information content (AvgIpc) is 3.19. The molecule has 0 aromatic heterocycles. The van der Waals surface area contributed by atoms with Gasteiger partial charge in [0.1, 0.15) is 5.41 Å². The van der Waals surface area contributed by atoms with E-state index in [1.165, 1.54) is 0 Å². The molecule has 0 radical (unpaired) electrons. The third-order valence-electron chi connectivity index (χ3n) is 5.98. The van der Waals surface area contributed by atoms with Crippen molar-refractivity contribution in [3.63, 3.8) is 0 Å². The first kappa shape index (κ1) is 23.1. The average molecular weight is 410 g/mol. The van der Waals surface area contributed by atoms with E-state index in [1.54, 1.807) is 0 Å². The molecule has 158 valence electrons. The summed E-state index contributed by atoms with van der Waals surface area (Å²) in [5.41, 5.74) is -1.33. The minimum absolute atomic E-state index is 0.0100. The monoisotopic (exact) mass is 410 g/mol. The van der Waals surface area contributed by atoms with Gasteiger partial charge in [-0.05, 0) is 31.2 Å². The summed E-state index contributed by atoms with van der Waals surface area (Å²) in [4.78, 5) is 23.9. The predicted octanol–water partition coefficient (Wildman–Crippen LogP) is 5.46. The number of hydrogen-bond acceptors (Lipinski definition) is 3. The Kier molecular flexibility index (Phi) is 8.73. The van der Waals surface area contributed by atoms with Gasteiger partial charge in [0.25, 0.3) is 0 Å². The van der Waals surface area contributed by atoms with Crippen LogP contribution in [0.4, 0.5) is 0 Å². The fourth-order valence-corrected chi connectivity index (χ4v) is 7.36. The third-order valence-corrected chi connectivity index (χ3v) is 8.49. The van der Waals surface area contributed by atoms with Crippen LogP contribution in [0.15, 0.2) is 30.3 Å². The van der Waals surface area contributed by atoms with E-state index in [4.69, 9.17) is 4.74 Å². The fraction of sp³-hybridized carbons (Fsp3) is 0.682. The summed E-state index contributed by atoms with van der Waals surface area (Å²) >= 11 is 0. The van der Waals surface area contributed by atoms with Gasteiger partial charge in [-0.1, -0.05) is 69.9 Å². The SMILES string of the molecule is CCCCCC(C(CCC)(C(=O)O)C1CCCO1)P(=O)(O)Cc1ccccc1. The van der Waals surface area contributed by atoms with Crippen LogP contribution < -0.4 is 0 Å². The van der Waals surface area contributed by atoms with Gasteiger partial charge < -0.3 is 14.7 Å². The van der Waals surface area contributed by atoms with Crippen molar-refractivity contribution in [1.82, 2.24) is 0 Å². The first-order valence-corrected chi connectivity index (χ1v) is 12.5. The molecule has 2 N–H and O–H groups in total. The number of rotatable bonds is 12. The number of carbonyl (C=O) groups is 1. The van der Waals surface area contributed by atoms with Crippen molar-refractivity contribution in [2.75, 3.05) is 6.61 Å². The first-order chi connectivity index (χ1) is 13.4. The van der Waals surface area contributed by atoms with E-state index in [-0.39, 0.29) is 6.16 Å². The Morgan fingerprint density at radius 2 is 1.96 bits per heavy atom. The molecule has 1 aromatic rings. The molecule has 28 heavy (non-hydrogen) atoms. The van der Waals surface area contributed by atoms with E-state index >= 15 is 0 Å². The Bertz CT molecular complexity index is 656. The van der Waals surface area contributed by atoms with Crippen LogP contribution in [0.3, 0.4) is 0 Å². The van der Waals surface area contributed by atoms with Gasteiger partial charge in [-0.3, -0.25) is 9.36 Å². The minimum Gasteiger partial charge on any atom is -0.481 e. The molecule has 1 fully saturated rings. The van der Waals surface area contributed by atoms with Gasteiger partial charge in [0.05, 0.1) is 11.8 Å². The highest BCUT2D eigenvalue weighted by molar-refractivity contribution is 7.58. The zero-order chi connectivity index (χ0) is 20.6. The van der Waals surface area contributed by atoms with Crippen LogP contribution in [0.1, 0.15) is 70.8 Å². The number of carboxylic acids is 1. The summed E-state index contributed by atoms with van der Waals surface area (Å²) in [6.07, 6.45) is 5.08. The van der Waals surface area contributed by atoms with Crippen molar-refractivity contribution in [2.24, 2.45) is 5.41 Å².